The summed E-state index contributed by atoms with van der Waals surface area (Å²) in [6.45, 7) is 4.01. The van der Waals surface area contributed by atoms with Crippen molar-refractivity contribution in [2.24, 2.45) is 0 Å². The lowest BCUT2D eigenvalue weighted by Crippen LogP contribution is -2.41. The first-order valence-corrected chi connectivity index (χ1v) is 8.94. The first-order chi connectivity index (χ1) is 13.4. The Morgan fingerprint density at radius 2 is 1.68 bits per heavy atom. The molecule has 3 aromatic rings. The highest BCUT2D eigenvalue weighted by molar-refractivity contribution is 6.31. The standard InChI is InChI=1S/C21H19ClN2O4/c1-13-9-10-27-19(13)21(26)24-23-20(25)16-5-3-15(4-6-16)12-28-17-7-8-18(22)14(2)11-17/h3-11H,12H2,1-2H3,(H,23,25)(H,24,26). The van der Waals surface area contributed by atoms with Gasteiger partial charge in [-0.2, -0.15) is 0 Å². The molecule has 6 nitrogen and oxygen atoms in total. The summed E-state index contributed by atoms with van der Waals surface area (Å²) in [5.41, 5.74) is 7.63. The van der Waals surface area contributed by atoms with E-state index in [0.29, 0.717) is 22.8 Å². The number of carbonyl (C=O) groups is 2. The Morgan fingerprint density at radius 1 is 0.964 bits per heavy atom. The second-order valence-electron chi connectivity index (χ2n) is 6.24. The summed E-state index contributed by atoms with van der Waals surface area (Å²) in [7, 11) is 0. The van der Waals surface area contributed by atoms with Gasteiger partial charge in [-0.15, -0.1) is 0 Å². The van der Waals surface area contributed by atoms with E-state index in [1.807, 2.05) is 13.0 Å². The molecule has 0 bridgehead atoms. The monoisotopic (exact) mass is 398 g/mol. The molecule has 0 aliphatic carbocycles. The zero-order chi connectivity index (χ0) is 20.1. The maximum absolute atomic E-state index is 12.2. The molecule has 2 N–H and O–H groups in total. The van der Waals surface area contributed by atoms with Crippen LogP contribution in [-0.4, -0.2) is 11.8 Å². The number of rotatable bonds is 5. The van der Waals surface area contributed by atoms with E-state index in [9.17, 15) is 9.59 Å². The molecule has 0 aliphatic heterocycles. The molecule has 0 saturated heterocycles. The Labute approximate surface area is 167 Å². The second kappa shape index (κ2) is 8.63. The molecule has 0 unspecified atom stereocenters. The summed E-state index contributed by atoms with van der Waals surface area (Å²) >= 11 is 6.00. The first-order valence-electron chi connectivity index (χ1n) is 8.56. The molecule has 0 atom stereocenters. The van der Waals surface area contributed by atoms with Gasteiger partial charge in [0.25, 0.3) is 5.91 Å². The molecule has 0 fully saturated rings. The number of carbonyl (C=O) groups excluding carboxylic acids is 2. The minimum atomic E-state index is -0.515. The van der Waals surface area contributed by atoms with Crippen LogP contribution in [0.5, 0.6) is 5.75 Å². The lowest BCUT2D eigenvalue weighted by atomic mass is 10.1. The quantitative estimate of drug-likeness (QED) is 0.631. The lowest BCUT2D eigenvalue weighted by Gasteiger charge is -2.09. The van der Waals surface area contributed by atoms with Crippen molar-refractivity contribution >= 4 is 23.4 Å². The molecule has 7 heteroatoms. The van der Waals surface area contributed by atoms with Crippen molar-refractivity contribution in [3.05, 3.63) is 87.8 Å². The molecule has 0 radical (unpaired) electrons. The fourth-order valence-electron chi connectivity index (χ4n) is 2.47. The molecule has 1 heterocycles. The van der Waals surface area contributed by atoms with Crippen LogP contribution in [-0.2, 0) is 6.61 Å². The van der Waals surface area contributed by atoms with Crippen LogP contribution >= 0.6 is 11.6 Å². The van der Waals surface area contributed by atoms with Gasteiger partial charge in [-0.25, -0.2) is 0 Å². The Kier molecular flexibility index (Phi) is 6.01. The number of hydrogen-bond donors (Lipinski definition) is 2. The van der Waals surface area contributed by atoms with E-state index >= 15 is 0 Å². The van der Waals surface area contributed by atoms with Gasteiger partial charge in [0.15, 0.2) is 5.76 Å². The number of aryl methyl sites for hydroxylation is 2. The molecule has 1 aromatic heterocycles. The predicted molar refractivity (Wildman–Crippen MR) is 105 cm³/mol. The average Bonchev–Trinajstić information content (AvgIpc) is 3.13. The van der Waals surface area contributed by atoms with E-state index < -0.39 is 11.8 Å². The van der Waals surface area contributed by atoms with Crippen molar-refractivity contribution in [3.8, 4) is 5.75 Å². The molecule has 2 amide bonds. The maximum atomic E-state index is 12.2. The van der Waals surface area contributed by atoms with Gasteiger partial charge in [0.2, 0.25) is 0 Å². The van der Waals surface area contributed by atoms with Crippen molar-refractivity contribution < 1.29 is 18.7 Å². The highest BCUT2D eigenvalue weighted by atomic mass is 35.5. The highest BCUT2D eigenvalue weighted by Crippen LogP contribution is 2.22. The van der Waals surface area contributed by atoms with Crippen LogP contribution in [0.1, 0.15) is 37.6 Å². The van der Waals surface area contributed by atoms with Gasteiger partial charge in [-0.05, 0) is 61.4 Å². The number of halogens is 1. The van der Waals surface area contributed by atoms with Gasteiger partial charge in [-0.3, -0.25) is 20.4 Å². The van der Waals surface area contributed by atoms with Gasteiger partial charge >= 0.3 is 5.91 Å². The van der Waals surface area contributed by atoms with Crippen LogP contribution in [0.15, 0.2) is 59.2 Å². The third-order valence-electron chi connectivity index (χ3n) is 4.11. The smallest absolute Gasteiger partial charge is 0.305 e. The van der Waals surface area contributed by atoms with Crippen LogP contribution in [0.25, 0.3) is 0 Å². The van der Waals surface area contributed by atoms with Crippen molar-refractivity contribution in [1.82, 2.24) is 10.9 Å². The van der Waals surface area contributed by atoms with Gasteiger partial charge in [0.1, 0.15) is 12.4 Å². The molecule has 2 aromatic carbocycles. The van der Waals surface area contributed by atoms with E-state index in [2.05, 4.69) is 10.9 Å². The van der Waals surface area contributed by atoms with Crippen LogP contribution in [0, 0.1) is 13.8 Å². The first kappa shape index (κ1) is 19.5. The maximum Gasteiger partial charge on any atom is 0.305 e. The van der Waals surface area contributed by atoms with Crippen LogP contribution in [0.3, 0.4) is 0 Å². The lowest BCUT2D eigenvalue weighted by molar-refractivity contribution is 0.0830. The Hall–Kier alpha value is -3.25. The van der Waals surface area contributed by atoms with E-state index in [-0.39, 0.29) is 5.76 Å². The van der Waals surface area contributed by atoms with Crippen molar-refractivity contribution in [2.75, 3.05) is 0 Å². The summed E-state index contributed by atoms with van der Waals surface area (Å²) in [5, 5.41) is 0.692. The zero-order valence-electron chi connectivity index (χ0n) is 15.4. The van der Waals surface area contributed by atoms with E-state index in [1.54, 1.807) is 49.4 Å². The Bertz CT molecular complexity index is 996. The SMILES string of the molecule is Cc1cc(OCc2ccc(C(=O)NNC(=O)c3occc3C)cc2)ccc1Cl. The topological polar surface area (TPSA) is 80.6 Å². The van der Waals surface area contributed by atoms with Crippen LogP contribution < -0.4 is 15.6 Å². The number of benzene rings is 2. The number of hydrazine groups is 1. The summed E-state index contributed by atoms with van der Waals surface area (Å²) in [4.78, 5) is 24.1. The third-order valence-corrected chi connectivity index (χ3v) is 4.53. The third kappa shape index (κ3) is 4.72. The van der Waals surface area contributed by atoms with E-state index in [1.165, 1.54) is 6.26 Å². The molecule has 144 valence electrons. The van der Waals surface area contributed by atoms with Crippen LogP contribution in [0.2, 0.25) is 5.02 Å². The van der Waals surface area contributed by atoms with E-state index in [4.69, 9.17) is 20.8 Å². The molecular formula is C21H19ClN2O4. The summed E-state index contributed by atoms with van der Waals surface area (Å²) in [5.74, 6) is -0.0673. The van der Waals surface area contributed by atoms with Crippen molar-refractivity contribution in [2.45, 2.75) is 20.5 Å². The van der Waals surface area contributed by atoms with Gasteiger partial charge in [-0.1, -0.05) is 23.7 Å². The summed E-state index contributed by atoms with van der Waals surface area (Å²) in [6, 6.07) is 14.0. The fourth-order valence-corrected chi connectivity index (χ4v) is 2.59. The molecule has 28 heavy (non-hydrogen) atoms. The van der Waals surface area contributed by atoms with Gasteiger partial charge in [0, 0.05) is 16.1 Å². The normalized spacial score (nSPS) is 10.4. The number of furan rings is 1. The number of amides is 2. The predicted octanol–water partition coefficient (Wildman–Crippen LogP) is 4.20. The minimum absolute atomic E-state index is 0.158. The molecule has 0 saturated carbocycles. The van der Waals surface area contributed by atoms with E-state index in [0.717, 1.165) is 16.9 Å². The Morgan fingerprint density at radius 3 is 2.32 bits per heavy atom. The van der Waals surface area contributed by atoms with Gasteiger partial charge < -0.3 is 9.15 Å². The molecular weight excluding hydrogens is 380 g/mol. The number of hydrogen-bond acceptors (Lipinski definition) is 4. The second-order valence-corrected chi connectivity index (χ2v) is 6.64. The van der Waals surface area contributed by atoms with Crippen molar-refractivity contribution in [1.29, 1.82) is 0 Å². The Balaban J connectivity index is 1.53. The molecule has 0 spiro atoms. The average molecular weight is 399 g/mol. The molecule has 0 aliphatic rings. The van der Waals surface area contributed by atoms with Crippen molar-refractivity contribution in [3.63, 3.8) is 0 Å². The highest BCUT2D eigenvalue weighted by Gasteiger charge is 2.14. The zero-order valence-corrected chi connectivity index (χ0v) is 16.2. The number of ether oxygens (including phenoxy) is 1. The summed E-state index contributed by atoms with van der Waals surface area (Å²) in [6.07, 6.45) is 1.41. The fraction of sp³-hybridized carbons (Fsp3) is 0.143. The minimum Gasteiger partial charge on any atom is -0.489 e. The van der Waals surface area contributed by atoms with Gasteiger partial charge in [0.05, 0.1) is 6.26 Å². The number of nitrogens with one attached hydrogen (secondary N) is 2. The largest absolute Gasteiger partial charge is 0.489 e. The molecule has 3 rings (SSSR count). The summed E-state index contributed by atoms with van der Waals surface area (Å²) < 4.78 is 10.8. The van der Waals surface area contributed by atoms with Crippen LogP contribution in [0.4, 0.5) is 0 Å².